The lowest BCUT2D eigenvalue weighted by Gasteiger charge is -2.21. The van der Waals surface area contributed by atoms with E-state index in [1.54, 1.807) is 18.9 Å². The molecule has 0 aromatic heterocycles. The predicted molar refractivity (Wildman–Crippen MR) is 66.6 cm³/mol. The van der Waals surface area contributed by atoms with Crippen LogP contribution in [0, 0.1) is 5.92 Å². The number of methoxy groups -OCH3 is 1. The van der Waals surface area contributed by atoms with Crippen molar-refractivity contribution in [2.75, 3.05) is 27.2 Å². The average Bonchev–Trinajstić information content (AvgIpc) is 2.33. The Hall–Kier alpha value is -1.10. The summed E-state index contributed by atoms with van der Waals surface area (Å²) >= 11 is 0. The van der Waals surface area contributed by atoms with E-state index in [2.05, 4.69) is 17.0 Å². The van der Waals surface area contributed by atoms with Gasteiger partial charge in [0.25, 0.3) is 0 Å². The van der Waals surface area contributed by atoms with Crippen LogP contribution in [-0.2, 0) is 14.3 Å². The first-order valence-electron chi connectivity index (χ1n) is 5.97. The number of carbonyl (C=O) groups excluding carboxylic acids is 2. The van der Waals surface area contributed by atoms with Crippen molar-refractivity contribution in [3.05, 3.63) is 0 Å². The van der Waals surface area contributed by atoms with Gasteiger partial charge in [0.1, 0.15) is 0 Å². The zero-order valence-corrected chi connectivity index (χ0v) is 11.4. The van der Waals surface area contributed by atoms with E-state index < -0.39 is 0 Å². The number of likely N-dealkylation sites (N-methyl/N-ethyl adjacent to an activating group) is 1. The second-order valence-corrected chi connectivity index (χ2v) is 4.39. The van der Waals surface area contributed by atoms with Gasteiger partial charge in [-0.3, -0.25) is 9.59 Å². The molecule has 1 N–H and O–H groups in total. The van der Waals surface area contributed by atoms with Crippen molar-refractivity contribution in [3.63, 3.8) is 0 Å². The molecule has 0 rings (SSSR count). The van der Waals surface area contributed by atoms with E-state index in [-0.39, 0.29) is 17.8 Å². The molecule has 0 saturated carbocycles. The van der Waals surface area contributed by atoms with Crippen LogP contribution >= 0.6 is 0 Å². The maximum absolute atomic E-state index is 11.7. The summed E-state index contributed by atoms with van der Waals surface area (Å²) in [5, 5.41) is 3.12. The Kier molecular flexibility index (Phi) is 7.54. The number of amides is 1. The molecule has 1 amide bonds. The molecule has 0 aliphatic rings. The van der Waals surface area contributed by atoms with Gasteiger partial charge in [0.05, 0.1) is 19.6 Å². The first-order valence-corrected chi connectivity index (χ1v) is 5.97. The normalized spacial score (nSPS) is 13.9. The minimum absolute atomic E-state index is 0.0129. The van der Waals surface area contributed by atoms with Gasteiger partial charge >= 0.3 is 5.97 Å². The van der Waals surface area contributed by atoms with Crippen molar-refractivity contribution < 1.29 is 14.3 Å². The van der Waals surface area contributed by atoms with Crippen LogP contribution in [0.15, 0.2) is 0 Å². The number of nitrogens with one attached hydrogen (secondary N) is 1. The van der Waals surface area contributed by atoms with Crippen LogP contribution in [0.1, 0.15) is 27.2 Å². The standard InChI is InChI=1S/C12H24N2O3/c1-6-10(3)13-7-11(15)14(4)8-9(2)12(16)17-5/h9-10,13H,6-8H2,1-5H3. The number of ether oxygens (including phenoxy) is 1. The third-order valence-corrected chi connectivity index (χ3v) is 2.79. The SMILES string of the molecule is CCC(C)NCC(=O)N(C)CC(C)C(=O)OC. The molecule has 0 aliphatic carbocycles. The van der Waals surface area contributed by atoms with E-state index in [9.17, 15) is 9.59 Å². The van der Waals surface area contributed by atoms with Crippen molar-refractivity contribution in [1.82, 2.24) is 10.2 Å². The molecule has 0 spiro atoms. The largest absolute Gasteiger partial charge is 0.469 e. The highest BCUT2D eigenvalue weighted by atomic mass is 16.5. The van der Waals surface area contributed by atoms with Crippen molar-refractivity contribution in [2.24, 2.45) is 5.92 Å². The first-order chi connectivity index (χ1) is 7.92. The highest BCUT2D eigenvalue weighted by Gasteiger charge is 2.18. The molecule has 100 valence electrons. The van der Waals surface area contributed by atoms with E-state index in [0.29, 0.717) is 19.1 Å². The predicted octanol–water partition coefficient (Wildman–Crippen LogP) is 0.642. The van der Waals surface area contributed by atoms with Gasteiger partial charge in [-0.05, 0) is 13.3 Å². The molecule has 2 unspecified atom stereocenters. The van der Waals surface area contributed by atoms with Gasteiger partial charge in [-0.15, -0.1) is 0 Å². The van der Waals surface area contributed by atoms with Crippen molar-refractivity contribution in [1.29, 1.82) is 0 Å². The molecular weight excluding hydrogens is 220 g/mol. The van der Waals surface area contributed by atoms with Gasteiger partial charge in [0, 0.05) is 19.6 Å². The lowest BCUT2D eigenvalue weighted by Crippen LogP contribution is -2.41. The molecule has 0 bridgehead atoms. The third kappa shape index (κ3) is 6.26. The lowest BCUT2D eigenvalue weighted by atomic mass is 10.2. The summed E-state index contributed by atoms with van der Waals surface area (Å²) < 4.78 is 4.62. The highest BCUT2D eigenvalue weighted by Crippen LogP contribution is 2.00. The summed E-state index contributed by atoms with van der Waals surface area (Å²) in [4.78, 5) is 24.5. The summed E-state index contributed by atoms with van der Waals surface area (Å²) in [7, 11) is 3.05. The Bertz CT molecular complexity index is 256. The second-order valence-electron chi connectivity index (χ2n) is 4.39. The fourth-order valence-electron chi connectivity index (χ4n) is 1.33. The average molecular weight is 244 g/mol. The third-order valence-electron chi connectivity index (χ3n) is 2.79. The lowest BCUT2D eigenvalue weighted by molar-refractivity contribution is -0.146. The molecule has 0 saturated heterocycles. The zero-order chi connectivity index (χ0) is 13.4. The molecule has 0 fully saturated rings. The van der Waals surface area contributed by atoms with Crippen LogP contribution in [0.3, 0.4) is 0 Å². The minimum Gasteiger partial charge on any atom is -0.469 e. The van der Waals surface area contributed by atoms with E-state index in [0.717, 1.165) is 6.42 Å². The highest BCUT2D eigenvalue weighted by molar-refractivity contribution is 5.79. The molecule has 0 heterocycles. The molecule has 17 heavy (non-hydrogen) atoms. The van der Waals surface area contributed by atoms with Crippen LogP contribution in [0.2, 0.25) is 0 Å². The van der Waals surface area contributed by atoms with Crippen LogP contribution in [0.4, 0.5) is 0 Å². The molecular formula is C12H24N2O3. The molecule has 5 heteroatoms. The zero-order valence-electron chi connectivity index (χ0n) is 11.4. The van der Waals surface area contributed by atoms with Gasteiger partial charge in [0.2, 0.25) is 5.91 Å². The van der Waals surface area contributed by atoms with Gasteiger partial charge in [0.15, 0.2) is 0 Å². The topological polar surface area (TPSA) is 58.6 Å². The van der Waals surface area contributed by atoms with E-state index >= 15 is 0 Å². The van der Waals surface area contributed by atoms with E-state index in [1.807, 2.05) is 6.92 Å². The first kappa shape index (κ1) is 15.9. The Morgan fingerprint density at radius 2 is 1.94 bits per heavy atom. The van der Waals surface area contributed by atoms with E-state index in [4.69, 9.17) is 0 Å². The second kappa shape index (κ2) is 8.06. The number of nitrogens with zero attached hydrogens (tertiary/aromatic N) is 1. The van der Waals surface area contributed by atoms with Crippen molar-refractivity contribution in [3.8, 4) is 0 Å². The molecule has 0 aromatic rings. The monoisotopic (exact) mass is 244 g/mol. The number of rotatable bonds is 7. The van der Waals surface area contributed by atoms with E-state index in [1.165, 1.54) is 7.11 Å². The Morgan fingerprint density at radius 3 is 2.41 bits per heavy atom. The summed E-state index contributed by atoms with van der Waals surface area (Å²) in [5.41, 5.74) is 0. The Morgan fingerprint density at radius 1 is 1.35 bits per heavy atom. The van der Waals surface area contributed by atoms with Crippen LogP contribution in [-0.4, -0.2) is 50.1 Å². The minimum atomic E-state index is -0.294. The summed E-state index contributed by atoms with van der Waals surface area (Å²) in [6.45, 7) is 6.53. The fourth-order valence-corrected chi connectivity index (χ4v) is 1.33. The van der Waals surface area contributed by atoms with Crippen molar-refractivity contribution in [2.45, 2.75) is 33.2 Å². The smallest absolute Gasteiger partial charge is 0.310 e. The van der Waals surface area contributed by atoms with Gasteiger partial charge in [-0.1, -0.05) is 13.8 Å². The Balaban J connectivity index is 4.01. The molecule has 0 aromatic carbocycles. The van der Waals surface area contributed by atoms with Crippen LogP contribution in [0.25, 0.3) is 0 Å². The maximum Gasteiger partial charge on any atom is 0.310 e. The quantitative estimate of drug-likeness (QED) is 0.668. The number of hydrogen-bond acceptors (Lipinski definition) is 4. The summed E-state index contributed by atoms with van der Waals surface area (Å²) in [6.07, 6.45) is 0.982. The van der Waals surface area contributed by atoms with Crippen molar-refractivity contribution >= 4 is 11.9 Å². The van der Waals surface area contributed by atoms with Crippen LogP contribution in [0.5, 0.6) is 0 Å². The van der Waals surface area contributed by atoms with Gasteiger partial charge in [-0.25, -0.2) is 0 Å². The van der Waals surface area contributed by atoms with Gasteiger partial charge < -0.3 is 15.0 Å². The maximum atomic E-state index is 11.7. The molecule has 2 atom stereocenters. The Labute approximate surface area is 103 Å². The fraction of sp³-hybridized carbons (Fsp3) is 0.833. The van der Waals surface area contributed by atoms with Crippen LogP contribution < -0.4 is 5.32 Å². The number of esters is 1. The number of hydrogen-bond donors (Lipinski definition) is 1. The summed E-state index contributed by atoms with van der Waals surface area (Å²) in [6, 6.07) is 0.324. The molecule has 5 nitrogen and oxygen atoms in total. The molecule has 0 radical (unpaired) electrons. The summed E-state index contributed by atoms with van der Waals surface area (Å²) in [5.74, 6) is -0.599. The van der Waals surface area contributed by atoms with Gasteiger partial charge in [-0.2, -0.15) is 0 Å². The number of carbonyl (C=O) groups is 2. The molecule has 0 aliphatic heterocycles.